The molecule has 0 saturated carbocycles. The smallest absolute Gasteiger partial charge is 0.478 e. The lowest BCUT2D eigenvalue weighted by Gasteiger charge is -2.07. The predicted octanol–water partition coefficient (Wildman–Crippen LogP) is 1.23. The standard InChI is InChI=1S/C8H8F3NO5S/c1-4-6(7(13)14)2-5(17-4)3-12-18(15,16)8(9,10)11/h2,12H,3H2,1H3,(H,13,14). The highest BCUT2D eigenvalue weighted by atomic mass is 32.2. The van der Waals surface area contributed by atoms with Crippen LogP contribution in [0.15, 0.2) is 10.5 Å². The fourth-order valence-corrected chi connectivity index (χ4v) is 1.59. The third-order valence-corrected chi connectivity index (χ3v) is 3.07. The fraction of sp³-hybridized carbons (Fsp3) is 0.375. The second-order valence-corrected chi connectivity index (χ2v) is 5.02. The molecule has 1 aromatic heterocycles. The fourth-order valence-electron chi connectivity index (χ4n) is 1.09. The molecule has 0 bridgehead atoms. The van der Waals surface area contributed by atoms with Crippen LogP contribution in [-0.4, -0.2) is 25.0 Å². The van der Waals surface area contributed by atoms with Gasteiger partial charge in [0.15, 0.2) is 0 Å². The molecule has 0 aliphatic rings. The first kappa shape index (κ1) is 14.5. The molecule has 0 radical (unpaired) electrons. The summed E-state index contributed by atoms with van der Waals surface area (Å²) in [6, 6.07) is 0.955. The maximum absolute atomic E-state index is 12.0. The van der Waals surface area contributed by atoms with Gasteiger partial charge in [-0.1, -0.05) is 0 Å². The molecule has 0 spiro atoms. The molecule has 0 aromatic carbocycles. The number of hydrogen-bond donors (Lipinski definition) is 2. The van der Waals surface area contributed by atoms with Crippen LogP contribution >= 0.6 is 0 Å². The van der Waals surface area contributed by atoms with E-state index in [1.165, 1.54) is 11.6 Å². The van der Waals surface area contributed by atoms with Crippen LogP contribution in [-0.2, 0) is 16.6 Å². The molecule has 2 N–H and O–H groups in total. The highest BCUT2D eigenvalue weighted by molar-refractivity contribution is 7.90. The van der Waals surface area contributed by atoms with Crippen molar-refractivity contribution in [1.82, 2.24) is 4.72 Å². The first-order chi connectivity index (χ1) is 8.04. The van der Waals surface area contributed by atoms with Crippen LogP contribution in [0.4, 0.5) is 13.2 Å². The lowest BCUT2D eigenvalue weighted by atomic mass is 10.2. The summed E-state index contributed by atoms with van der Waals surface area (Å²) in [5, 5.41) is 8.66. The van der Waals surface area contributed by atoms with Crippen molar-refractivity contribution in [1.29, 1.82) is 0 Å². The van der Waals surface area contributed by atoms with Crippen molar-refractivity contribution in [2.24, 2.45) is 0 Å². The molecule has 0 unspecified atom stereocenters. The number of furan rings is 1. The summed E-state index contributed by atoms with van der Waals surface area (Å²) >= 11 is 0. The number of aromatic carboxylic acids is 1. The van der Waals surface area contributed by atoms with E-state index >= 15 is 0 Å². The number of carboxylic acids is 1. The van der Waals surface area contributed by atoms with Gasteiger partial charge in [0.1, 0.15) is 17.1 Å². The van der Waals surface area contributed by atoms with Crippen LogP contribution in [0.3, 0.4) is 0 Å². The molecule has 0 amide bonds. The molecule has 102 valence electrons. The molecule has 1 heterocycles. The van der Waals surface area contributed by atoms with Gasteiger partial charge in [-0.3, -0.25) is 0 Å². The van der Waals surface area contributed by atoms with Crippen molar-refractivity contribution < 1.29 is 35.9 Å². The van der Waals surface area contributed by atoms with Gasteiger partial charge in [-0.25, -0.2) is 13.2 Å². The van der Waals surface area contributed by atoms with Crippen molar-refractivity contribution in [2.45, 2.75) is 19.0 Å². The highest BCUT2D eigenvalue weighted by Crippen LogP contribution is 2.22. The predicted molar refractivity (Wildman–Crippen MR) is 52.2 cm³/mol. The van der Waals surface area contributed by atoms with E-state index in [4.69, 9.17) is 9.52 Å². The Hall–Kier alpha value is -1.55. The van der Waals surface area contributed by atoms with Crippen LogP contribution in [0.25, 0.3) is 0 Å². The summed E-state index contributed by atoms with van der Waals surface area (Å²) in [6.45, 7) is 0.515. The number of carboxylic acid groups (broad SMARTS) is 1. The molecular weight excluding hydrogens is 279 g/mol. The topological polar surface area (TPSA) is 96.6 Å². The third-order valence-electron chi connectivity index (χ3n) is 1.94. The largest absolute Gasteiger partial charge is 0.511 e. The minimum Gasteiger partial charge on any atom is -0.478 e. The zero-order chi connectivity index (χ0) is 14.1. The SMILES string of the molecule is Cc1oc(CNS(=O)(=O)C(F)(F)F)cc1C(=O)O. The Morgan fingerprint density at radius 1 is 1.50 bits per heavy atom. The second kappa shape index (κ2) is 4.61. The first-order valence-corrected chi connectivity index (χ1v) is 5.91. The van der Waals surface area contributed by atoms with Gasteiger partial charge in [0.05, 0.1) is 6.54 Å². The Kier molecular flexibility index (Phi) is 3.72. The number of hydrogen-bond acceptors (Lipinski definition) is 4. The van der Waals surface area contributed by atoms with E-state index in [0.29, 0.717) is 0 Å². The molecule has 1 rings (SSSR count). The zero-order valence-corrected chi connectivity index (χ0v) is 9.72. The third kappa shape index (κ3) is 3.01. The Labute approximate surface area is 99.4 Å². The van der Waals surface area contributed by atoms with Crippen LogP contribution in [0.2, 0.25) is 0 Å². The van der Waals surface area contributed by atoms with E-state index in [9.17, 15) is 26.4 Å². The van der Waals surface area contributed by atoms with Gasteiger partial charge in [0, 0.05) is 0 Å². The van der Waals surface area contributed by atoms with Gasteiger partial charge in [-0.2, -0.15) is 17.9 Å². The van der Waals surface area contributed by atoms with Crippen molar-refractivity contribution in [3.8, 4) is 0 Å². The molecule has 0 aliphatic heterocycles. The molecule has 6 nitrogen and oxygen atoms in total. The number of rotatable bonds is 4. The number of aryl methyl sites for hydroxylation is 1. The number of nitrogens with one attached hydrogen (secondary N) is 1. The molecule has 0 fully saturated rings. The average molecular weight is 287 g/mol. The maximum atomic E-state index is 12.0. The van der Waals surface area contributed by atoms with Gasteiger partial charge in [0.25, 0.3) is 0 Å². The number of sulfonamides is 1. The molecule has 10 heteroatoms. The van der Waals surface area contributed by atoms with Crippen LogP contribution < -0.4 is 4.72 Å². The summed E-state index contributed by atoms with van der Waals surface area (Å²) < 4.78 is 63.3. The minimum absolute atomic E-state index is 0.0243. The van der Waals surface area contributed by atoms with Gasteiger partial charge >= 0.3 is 21.5 Å². The van der Waals surface area contributed by atoms with Crippen molar-refractivity contribution in [3.05, 3.63) is 23.2 Å². The number of carbonyl (C=O) groups is 1. The summed E-state index contributed by atoms with van der Waals surface area (Å²) in [5.41, 5.74) is -5.67. The van der Waals surface area contributed by atoms with Crippen molar-refractivity contribution in [2.75, 3.05) is 0 Å². The van der Waals surface area contributed by atoms with Crippen molar-refractivity contribution in [3.63, 3.8) is 0 Å². The molecule has 1 aromatic rings. The number of halogens is 3. The highest BCUT2D eigenvalue weighted by Gasteiger charge is 2.45. The first-order valence-electron chi connectivity index (χ1n) is 4.43. The quantitative estimate of drug-likeness (QED) is 0.868. The summed E-state index contributed by atoms with van der Waals surface area (Å²) in [6.07, 6.45) is 0. The zero-order valence-electron chi connectivity index (χ0n) is 8.91. The van der Waals surface area contributed by atoms with Gasteiger partial charge in [0.2, 0.25) is 0 Å². The van der Waals surface area contributed by atoms with E-state index in [1.54, 1.807) is 0 Å². The Bertz CT molecular complexity index is 560. The van der Waals surface area contributed by atoms with Crippen LogP contribution in [0.5, 0.6) is 0 Å². The average Bonchev–Trinajstić information content (AvgIpc) is 2.55. The Morgan fingerprint density at radius 3 is 2.44 bits per heavy atom. The molecule has 0 saturated heterocycles. The summed E-state index contributed by atoms with van der Waals surface area (Å²) in [7, 11) is -5.48. The maximum Gasteiger partial charge on any atom is 0.511 e. The molecule has 18 heavy (non-hydrogen) atoms. The Balaban J connectivity index is 2.83. The molecular formula is C8H8F3NO5S. The van der Waals surface area contributed by atoms with Gasteiger partial charge < -0.3 is 9.52 Å². The second-order valence-electron chi connectivity index (χ2n) is 3.26. The van der Waals surface area contributed by atoms with E-state index in [-0.39, 0.29) is 17.1 Å². The van der Waals surface area contributed by atoms with Gasteiger partial charge in [-0.05, 0) is 13.0 Å². The number of alkyl halides is 3. The van der Waals surface area contributed by atoms with Crippen molar-refractivity contribution >= 4 is 16.0 Å². The lowest BCUT2D eigenvalue weighted by molar-refractivity contribution is -0.0448. The monoisotopic (exact) mass is 287 g/mol. The van der Waals surface area contributed by atoms with E-state index in [0.717, 1.165) is 6.07 Å². The van der Waals surface area contributed by atoms with Crippen LogP contribution in [0.1, 0.15) is 21.9 Å². The Morgan fingerprint density at radius 2 is 2.06 bits per heavy atom. The van der Waals surface area contributed by atoms with Crippen LogP contribution in [0, 0.1) is 6.92 Å². The lowest BCUT2D eigenvalue weighted by Crippen LogP contribution is -2.35. The van der Waals surface area contributed by atoms with E-state index < -0.39 is 28.0 Å². The van der Waals surface area contributed by atoms with E-state index in [2.05, 4.69) is 0 Å². The van der Waals surface area contributed by atoms with E-state index in [1.807, 2.05) is 0 Å². The summed E-state index contributed by atoms with van der Waals surface area (Å²) in [5.74, 6) is -1.57. The normalized spacial score (nSPS) is 12.7. The molecule has 0 atom stereocenters. The molecule has 0 aliphatic carbocycles. The summed E-state index contributed by atoms with van der Waals surface area (Å²) in [4.78, 5) is 10.6. The minimum atomic E-state index is -5.48. The van der Waals surface area contributed by atoms with Gasteiger partial charge in [-0.15, -0.1) is 0 Å².